The number of H-pyrrole nitrogens is 1. The van der Waals surface area contributed by atoms with Crippen LogP contribution in [0.5, 0.6) is 11.5 Å². The van der Waals surface area contributed by atoms with E-state index in [2.05, 4.69) is 25.6 Å². The predicted octanol–water partition coefficient (Wildman–Crippen LogP) is 2.48. The maximum Gasteiger partial charge on any atom is 0.269 e. The van der Waals surface area contributed by atoms with E-state index in [0.717, 1.165) is 5.56 Å². The third-order valence-electron chi connectivity index (χ3n) is 5.93. The highest BCUT2D eigenvalue weighted by Gasteiger charge is 2.15. The zero-order chi connectivity index (χ0) is 25.8. The van der Waals surface area contributed by atoms with Crippen LogP contribution in [0.4, 0.5) is 0 Å². The van der Waals surface area contributed by atoms with Crippen molar-refractivity contribution in [3.63, 3.8) is 0 Å². The highest BCUT2D eigenvalue weighted by atomic mass is 16.5. The summed E-state index contributed by atoms with van der Waals surface area (Å²) in [5.41, 5.74) is 2.86. The predicted molar refractivity (Wildman–Crippen MR) is 137 cm³/mol. The van der Waals surface area contributed by atoms with Crippen LogP contribution in [0.25, 0.3) is 22.3 Å². The molecule has 0 saturated carbocycles. The number of nitrogens with one attached hydrogen (secondary N) is 2. The molecule has 0 unspecified atom stereocenters. The molecule has 11 nitrogen and oxygen atoms in total. The van der Waals surface area contributed by atoms with E-state index in [1.807, 2.05) is 30.3 Å². The topological polar surface area (TPSA) is 129 Å². The molecule has 188 valence electrons. The van der Waals surface area contributed by atoms with Gasteiger partial charge in [0.15, 0.2) is 5.65 Å². The number of rotatable bonds is 9. The quantitative estimate of drug-likeness (QED) is 0.319. The number of amides is 1. The van der Waals surface area contributed by atoms with Gasteiger partial charge in [0.25, 0.3) is 11.5 Å². The molecule has 0 aliphatic heterocycles. The molecule has 0 atom stereocenters. The summed E-state index contributed by atoms with van der Waals surface area (Å²) >= 11 is 0. The van der Waals surface area contributed by atoms with Gasteiger partial charge in [0.05, 0.1) is 39.2 Å². The van der Waals surface area contributed by atoms with E-state index in [9.17, 15) is 9.59 Å². The summed E-state index contributed by atoms with van der Waals surface area (Å²) in [6, 6.07) is 16.7. The van der Waals surface area contributed by atoms with Crippen LogP contribution in [0.1, 0.15) is 16.1 Å². The Morgan fingerprint density at radius 2 is 1.92 bits per heavy atom. The van der Waals surface area contributed by atoms with Gasteiger partial charge in [-0.25, -0.2) is 9.67 Å². The first-order valence-electron chi connectivity index (χ1n) is 11.6. The number of carbonyl (C=O) groups is 1. The fourth-order valence-corrected chi connectivity index (χ4v) is 4.01. The average Bonchev–Trinajstić information content (AvgIpc) is 3.59. The average molecular weight is 500 g/mol. The van der Waals surface area contributed by atoms with Gasteiger partial charge in [-0.2, -0.15) is 10.2 Å². The number of aromatic nitrogens is 6. The number of hydrogen-bond acceptors (Lipinski definition) is 7. The van der Waals surface area contributed by atoms with Crippen LogP contribution in [0, 0.1) is 0 Å². The molecule has 11 heteroatoms. The first-order chi connectivity index (χ1) is 18.1. The second-order valence-electron chi connectivity index (χ2n) is 8.26. The molecule has 0 radical (unpaired) electrons. The summed E-state index contributed by atoms with van der Waals surface area (Å²) in [5, 5.41) is 14.6. The molecule has 0 aliphatic carbocycles. The van der Waals surface area contributed by atoms with Gasteiger partial charge in [0.2, 0.25) is 0 Å². The maximum absolute atomic E-state index is 12.9. The van der Waals surface area contributed by atoms with Crippen molar-refractivity contribution in [2.75, 3.05) is 20.8 Å². The Morgan fingerprint density at radius 3 is 2.70 bits per heavy atom. The molecule has 3 heterocycles. The molecule has 0 bridgehead atoms. The molecule has 3 aromatic heterocycles. The standard InChI is InChI=1S/C26H25N7O4/c1-36-18-8-9-23(37-2)19(12-18)21-13-22(31-30-21)25(34)27-10-11-33-24-20(14-29-33)26(35)32(16-28-24)15-17-6-4-3-5-7-17/h3-9,12-14,16H,10-11,15H2,1-2H3,(H,27,34)(H,30,31). The molecule has 0 spiro atoms. The second kappa shape index (κ2) is 10.4. The van der Waals surface area contributed by atoms with E-state index in [1.54, 1.807) is 47.7 Å². The second-order valence-corrected chi connectivity index (χ2v) is 8.26. The molecular weight excluding hydrogens is 474 g/mol. The van der Waals surface area contributed by atoms with Gasteiger partial charge in [-0.3, -0.25) is 19.3 Å². The molecule has 0 aliphatic rings. The van der Waals surface area contributed by atoms with Crippen molar-refractivity contribution in [3.05, 3.63) is 88.7 Å². The van der Waals surface area contributed by atoms with E-state index in [1.165, 1.54) is 12.5 Å². The summed E-state index contributed by atoms with van der Waals surface area (Å²) in [4.78, 5) is 30.0. The molecule has 1 amide bonds. The van der Waals surface area contributed by atoms with E-state index >= 15 is 0 Å². The Bertz CT molecular complexity index is 1600. The lowest BCUT2D eigenvalue weighted by Crippen LogP contribution is -2.28. The van der Waals surface area contributed by atoms with Crippen LogP contribution in [-0.2, 0) is 13.1 Å². The van der Waals surface area contributed by atoms with Gasteiger partial charge >= 0.3 is 0 Å². The van der Waals surface area contributed by atoms with E-state index in [4.69, 9.17) is 9.47 Å². The van der Waals surface area contributed by atoms with Crippen molar-refractivity contribution in [1.29, 1.82) is 0 Å². The van der Waals surface area contributed by atoms with Gasteiger partial charge < -0.3 is 14.8 Å². The fourth-order valence-electron chi connectivity index (χ4n) is 4.01. The van der Waals surface area contributed by atoms with Crippen molar-refractivity contribution in [2.24, 2.45) is 0 Å². The smallest absolute Gasteiger partial charge is 0.269 e. The molecule has 37 heavy (non-hydrogen) atoms. The largest absolute Gasteiger partial charge is 0.497 e. The van der Waals surface area contributed by atoms with Crippen LogP contribution >= 0.6 is 0 Å². The van der Waals surface area contributed by atoms with Crippen LogP contribution in [0.15, 0.2) is 71.9 Å². The Kier molecular flexibility index (Phi) is 6.66. The molecule has 2 aromatic carbocycles. The number of nitrogens with zero attached hydrogens (tertiary/aromatic N) is 5. The first-order valence-corrected chi connectivity index (χ1v) is 11.6. The Balaban J connectivity index is 1.25. The summed E-state index contributed by atoms with van der Waals surface area (Å²) in [5.74, 6) is 0.937. The molecule has 5 aromatic rings. The van der Waals surface area contributed by atoms with E-state index in [-0.39, 0.29) is 18.0 Å². The number of ether oxygens (including phenoxy) is 2. The number of methoxy groups -OCH3 is 2. The van der Waals surface area contributed by atoms with Gasteiger partial charge in [-0.05, 0) is 29.8 Å². The van der Waals surface area contributed by atoms with Gasteiger partial charge in [-0.15, -0.1) is 0 Å². The lowest BCUT2D eigenvalue weighted by atomic mass is 10.1. The minimum absolute atomic E-state index is 0.165. The number of benzene rings is 2. The van der Waals surface area contributed by atoms with Crippen molar-refractivity contribution in [2.45, 2.75) is 13.1 Å². The van der Waals surface area contributed by atoms with Gasteiger partial charge in [-0.1, -0.05) is 30.3 Å². The first kappa shape index (κ1) is 23.8. The summed E-state index contributed by atoms with van der Waals surface area (Å²) in [6.07, 6.45) is 3.03. The molecule has 0 saturated heterocycles. The number of aromatic amines is 1. The van der Waals surface area contributed by atoms with Crippen LogP contribution in [-0.4, -0.2) is 56.2 Å². The lowest BCUT2D eigenvalue weighted by Gasteiger charge is -2.08. The van der Waals surface area contributed by atoms with Crippen LogP contribution < -0.4 is 20.3 Å². The van der Waals surface area contributed by atoms with Crippen LogP contribution in [0.2, 0.25) is 0 Å². The zero-order valence-corrected chi connectivity index (χ0v) is 20.3. The monoisotopic (exact) mass is 499 g/mol. The Labute approximate surface area is 211 Å². The summed E-state index contributed by atoms with van der Waals surface area (Å²) < 4.78 is 13.8. The summed E-state index contributed by atoms with van der Waals surface area (Å²) in [6.45, 7) is 1.05. The fraction of sp³-hybridized carbons (Fsp3) is 0.192. The lowest BCUT2D eigenvalue weighted by molar-refractivity contribution is 0.0947. The molecule has 5 rings (SSSR count). The Hall–Kier alpha value is -4.93. The number of fused-ring (bicyclic) bond motifs is 1. The number of carbonyl (C=O) groups excluding carboxylic acids is 1. The van der Waals surface area contributed by atoms with Gasteiger partial charge in [0.1, 0.15) is 28.9 Å². The number of hydrogen-bond donors (Lipinski definition) is 2. The molecular formula is C26H25N7O4. The van der Waals surface area contributed by atoms with Crippen molar-refractivity contribution in [1.82, 2.24) is 34.8 Å². The highest BCUT2D eigenvalue weighted by molar-refractivity contribution is 5.93. The minimum Gasteiger partial charge on any atom is -0.497 e. The SMILES string of the molecule is COc1ccc(OC)c(-c2cc(C(=O)NCCn3ncc4c(=O)n(Cc5ccccc5)cnc43)[nH]n2)c1. The van der Waals surface area contributed by atoms with Crippen LogP contribution in [0.3, 0.4) is 0 Å². The third kappa shape index (κ3) is 4.92. The third-order valence-corrected chi connectivity index (χ3v) is 5.93. The van der Waals surface area contributed by atoms with Crippen molar-refractivity contribution < 1.29 is 14.3 Å². The Morgan fingerprint density at radius 1 is 1.08 bits per heavy atom. The normalized spacial score (nSPS) is 11.0. The molecule has 2 N–H and O–H groups in total. The summed E-state index contributed by atoms with van der Waals surface area (Å²) in [7, 11) is 3.14. The van der Waals surface area contributed by atoms with Gasteiger partial charge in [0, 0.05) is 12.1 Å². The molecule has 0 fully saturated rings. The highest BCUT2D eigenvalue weighted by Crippen LogP contribution is 2.32. The van der Waals surface area contributed by atoms with E-state index in [0.29, 0.717) is 52.6 Å². The maximum atomic E-state index is 12.9. The van der Waals surface area contributed by atoms with Crippen molar-refractivity contribution >= 4 is 16.9 Å². The van der Waals surface area contributed by atoms with E-state index < -0.39 is 0 Å². The minimum atomic E-state index is -0.324. The zero-order valence-electron chi connectivity index (χ0n) is 20.3. The van der Waals surface area contributed by atoms with Crippen molar-refractivity contribution in [3.8, 4) is 22.8 Å².